The first-order valence-corrected chi connectivity index (χ1v) is 9.18. The van der Waals surface area contributed by atoms with Gasteiger partial charge < -0.3 is 15.5 Å². The summed E-state index contributed by atoms with van der Waals surface area (Å²) in [5.41, 5.74) is 2.27. The summed E-state index contributed by atoms with van der Waals surface area (Å²) in [6.45, 7) is 0. The predicted molar refractivity (Wildman–Crippen MR) is 104 cm³/mol. The minimum Gasteiger partial charge on any atom is -0.335 e. The third-order valence-corrected chi connectivity index (χ3v) is 5.15. The Morgan fingerprint density at radius 3 is 2.78 bits per heavy atom. The Morgan fingerprint density at radius 1 is 1.22 bits per heavy atom. The lowest BCUT2D eigenvalue weighted by Crippen LogP contribution is -2.45. The monoisotopic (exact) mass is 362 g/mol. The predicted octanol–water partition coefficient (Wildman–Crippen LogP) is 3.25. The molecule has 0 bridgehead atoms. The number of anilines is 2. The molecule has 2 aliphatic rings. The van der Waals surface area contributed by atoms with Crippen molar-refractivity contribution >= 4 is 23.3 Å². The number of benzene rings is 1. The number of rotatable bonds is 3. The van der Waals surface area contributed by atoms with Crippen molar-refractivity contribution in [2.75, 3.05) is 17.3 Å². The first-order valence-electron chi connectivity index (χ1n) is 9.18. The summed E-state index contributed by atoms with van der Waals surface area (Å²) in [6, 6.07) is 11.1. The van der Waals surface area contributed by atoms with Crippen molar-refractivity contribution in [1.82, 2.24) is 10.3 Å². The van der Waals surface area contributed by atoms with Gasteiger partial charge in [0.2, 0.25) is 5.91 Å². The Balaban J connectivity index is 1.48. The number of hydrogen-bond donors (Lipinski definition) is 2. The molecule has 2 atom stereocenters. The molecule has 0 spiro atoms. The summed E-state index contributed by atoms with van der Waals surface area (Å²) in [4.78, 5) is 31.0. The van der Waals surface area contributed by atoms with Crippen LogP contribution in [0.1, 0.15) is 41.3 Å². The summed E-state index contributed by atoms with van der Waals surface area (Å²) in [5, 5.41) is 5.99. The van der Waals surface area contributed by atoms with Crippen molar-refractivity contribution < 1.29 is 9.59 Å². The molecule has 6 nitrogen and oxygen atoms in total. The van der Waals surface area contributed by atoms with Gasteiger partial charge in [-0.15, -0.1) is 0 Å². The fourth-order valence-corrected chi connectivity index (χ4v) is 3.61. The number of hydrogen-bond acceptors (Lipinski definition) is 4. The molecule has 0 unspecified atom stereocenters. The Morgan fingerprint density at radius 2 is 2.04 bits per heavy atom. The minimum absolute atomic E-state index is 0.0426. The van der Waals surface area contributed by atoms with Crippen LogP contribution < -0.4 is 15.5 Å². The number of nitrogens with one attached hydrogen (secondary N) is 2. The molecule has 4 rings (SSSR count). The molecule has 2 heterocycles. The van der Waals surface area contributed by atoms with E-state index >= 15 is 0 Å². The maximum absolute atomic E-state index is 12.4. The van der Waals surface area contributed by atoms with Crippen LogP contribution in [-0.2, 0) is 4.79 Å². The molecule has 138 valence electrons. The van der Waals surface area contributed by atoms with Gasteiger partial charge in [0, 0.05) is 24.8 Å². The molecule has 0 saturated carbocycles. The van der Waals surface area contributed by atoms with E-state index in [1.165, 1.54) is 0 Å². The standard InChI is InChI=1S/C21H22N4O2/c1-25-18(24-21(27)17-8-5-13-22-19(17)25)14-9-11-16(12-10-14)23-20(26)15-6-3-2-4-7-15/h2-3,5,8-13,15,18H,4,6-7H2,1H3,(H,23,26)(H,24,27)/t15-,18+/m1/s1. The van der Waals surface area contributed by atoms with E-state index < -0.39 is 0 Å². The quantitative estimate of drug-likeness (QED) is 0.822. The molecule has 1 aliphatic carbocycles. The number of carbonyl (C=O) groups is 2. The number of allylic oxidation sites excluding steroid dienone is 2. The van der Waals surface area contributed by atoms with Crippen LogP contribution >= 0.6 is 0 Å². The van der Waals surface area contributed by atoms with Gasteiger partial charge >= 0.3 is 0 Å². The lowest BCUT2D eigenvalue weighted by molar-refractivity contribution is -0.120. The summed E-state index contributed by atoms with van der Waals surface area (Å²) in [7, 11) is 1.90. The van der Waals surface area contributed by atoms with Crippen molar-refractivity contribution in [2.24, 2.45) is 5.92 Å². The van der Waals surface area contributed by atoms with Gasteiger partial charge in [0.05, 0.1) is 5.56 Å². The number of fused-ring (bicyclic) bond motifs is 1. The summed E-state index contributed by atoms with van der Waals surface area (Å²) < 4.78 is 0. The van der Waals surface area contributed by atoms with Crippen molar-refractivity contribution in [3.05, 3.63) is 65.9 Å². The molecular weight excluding hydrogens is 340 g/mol. The molecule has 1 aliphatic heterocycles. The highest BCUT2D eigenvalue weighted by Gasteiger charge is 2.30. The van der Waals surface area contributed by atoms with Gasteiger partial charge in [0.15, 0.2) is 0 Å². The fraction of sp³-hybridized carbons (Fsp3) is 0.286. The van der Waals surface area contributed by atoms with E-state index in [1.54, 1.807) is 18.3 Å². The topological polar surface area (TPSA) is 74.3 Å². The van der Waals surface area contributed by atoms with Gasteiger partial charge in [-0.1, -0.05) is 24.3 Å². The van der Waals surface area contributed by atoms with Crippen LogP contribution in [0, 0.1) is 5.92 Å². The summed E-state index contributed by atoms with van der Waals surface area (Å²) >= 11 is 0. The third kappa shape index (κ3) is 3.43. The van der Waals surface area contributed by atoms with E-state index in [0.717, 1.165) is 30.5 Å². The van der Waals surface area contributed by atoms with Gasteiger partial charge in [-0.2, -0.15) is 0 Å². The van der Waals surface area contributed by atoms with Crippen molar-refractivity contribution in [3.8, 4) is 0 Å². The van der Waals surface area contributed by atoms with E-state index in [-0.39, 0.29) is 23.9 Å². The van der Waals surface area contributed by atoms with E-state index in [9.17, 15) is 9.59 Å². The molecule has 0 radical (unpaired) electrons. The lowest BCUT2D eigenvalue weighted by atomic mass is 9.93. The molecule has 0 fully saturated rings. The van der Waals surface area contributed by atoms with Gasteiger partial charge in [0.25, 0.3) is 5.91 Å². The highest BCUT2D eigenvalue weighted by Crippen LogP contribution is 2.30. The average Bonchev–Trinajstić information content (AvgIpc) is 2.72. The number of carbonyl (C=O) groups excluding carboxylic acids is 2. The first kappa shape index (κ1) is 17.3. The van der Waals surface area contributed by atoms with E-state index in [0.29, 0.717) is 11.4 Å². The Bertz CT molecular complexity index is 891. The Labute approximate surface area is 158 Å². The molecule has 2 N–H and O–H groups in total. The van der Waals surface area contributed by atoms with Crippen molar-refractivity contribution in [1.29, 1.82) is 0 Å². The maximum Gasteiger partial charge on any atom is 0.256 e. The number of pyridine rings is 1. The third-order valence-electron chi connectivity index (χ3n) is 5.15. The second-order valence-corrected chi connectivity index (χ2v) is 6.95. The number of nitrogens with zero attached hydrogens (tertiary/aromatic N) is 2. The lowest BCUT2D eigenvalue weighted by Gasteiger charge is -2.35. The van der Waals surface area contributed by atoms with Crippen LogP contribution in [0.4, 0.5) is 11.5 Å². The minimum atomic E-state index is -0.298. The molecule has 1 aromatic heterocycles. The van der Waals surface area contributed by atoms with E-state index in [2.05, 4.69) is 27.8 Å². The highest BCUT2D eigenvalue weighted by atomic mass is 16.2. The van der Waals surface area contributed by atoms with Crippen LogP contribution in [-0.4, -0.2) is 23.8 Å². The van der Waals surface area contributed by atoms with Gasteiger partial charge in [0.1, 0.15) is 12.0 Å². The highest BCUT2D eigenvalue weighted by molar-refractivity contribution is 6.01. The van der Waals surface area contributed by atoms with Gasteiger partial charge in [-0.05, 0) is 49.1 Å². The molecule has 2 aromatic rings. The smallest absolute Gasteiger partial charge is 0.256 e. The Hall–Kier alpha value is -3.15. The zero-order valence-electron chi connectivity index (χ0n) is 15.2. The molecule has 27 heavy (non-hydrogen) atoms. The molecule has 6 heteroatoms. The number of amides is 2. The SMILES string of the molecule is CN1c2ncccc2C(=O)N[C@@H]1c1ccc(NC(=O)[C@@H]2CC=CCC2)cc1. The van der Waals surface area contributed by atoms with Crippen LogP contribution in [0.3, 0.4) is 0 Å². The molecule has 2 amide bonds. The zero-order chi connectivity index (χ0) is 18.8. The van der Waals surface area contributed by atoms with Crippen LogP contribution in [0.2, 0.25) is 0 Å². The maximum atomic E-state index is 12.4. The van der Waals surface area contributed by atoms with E-state index in [4.69, 9.17) is 0 Å². The summed E-state index contributed by atoms with van der Waals surface area (Å²) in [5.74, 6) is 0.632. The second kappa shape index (κ2) is 7.23. The molecule has 1 aromatic carbocycles. The van der Waals surface area contributed by atoms with Crippen molar-refractivity contribution in [3.63, 3.8) is 0 Å². The van der Waals surface area contributed by atoms with Gasteiger partial charge in [-0.3, -0.25) is 9.59 Å². The normalized spacial score (nSPS) is 21.4. The number of aromatic nitrogens is 1. The second-order valence-electron chi connectivity index (χ2n) is 6.95. The fourth-order valence-electron chi connectivity index (χ4n) is 3.61. The first-order chi connectivity index (χ1) is 13.1. The Kier molecular flexibility index (Phi) is 4.62. The van der Waals surface area contributed by atoms with Gasteiger partial charge in [-0.25, -0.2) is 4.98 Å². The molecule has 0 saturated heterocycles. The summed E-state index contributed by atoms with van der Waals surface area (Å²) in [6.07, 6.45) is 8.24. The van der Waals surface area contributed by atoms with Crippen LogP contribution in [0.5, 0.6) is 0 Å². The van der Waals surface area contributed by atoms with Crippen LogP contribution in [0.15, 0.2) is 54.7 Å². The van der Waals surface area contributed by atoms with E-state index in [1.807, 2.05) is 36.2 Å². The van der Waals surface area contributed by atoms with Crippen LogP contribution in [0.25, 0.3) is 0 Å². The zero-order valence-corrected chi connectivity index (χ0v) is 15.2. The largest absolute Gasteiger partial charge is 0.335 e. The molecular formula is C21H22N4O2. The van der Waals surface area contributed by atoms with Crippen molar-refractivity contribution in [2.45, 2.75) is 25.4 Å². The average molecular weight is 362 g/mol.